The summed E-state index contributed by atoms with van der Waals surface area (Å²) in [7, 11) is 0. The Morgan fingerprint density at radius 1 is 1.33 bits per heavy atom. The fourth-order valence-corrected chi connectivity index (χ4v) is 2.44. The first-order valence-electron chi connectivity index (χ1n) is 7.58. The van der Waals surface area contributed by atoms with Crippen molar-refractivity contribution in [2.24, 2.45) is 16.5 Å². The van der Waals surface area contributed by atoms with Gasteiger partial charge in [-0.2, -0.15) is 0 Å². The normalized spacial score (nSPS) is 31.4. The number of rotatable bonds is 9. The molecule has 0 aliphatic carbocycles. The molecule has 1 rings (SSSR count). The molecule has 1 heterocycles. The van der Waals surface area contributed by atoms with E-state index < -0.39 is 42.7 Å². The maximum Gasteiger partial charge on any atom is 0.320 e. The Kier molecular flexibility index (Phi) is 7.79. The topological polar surface area (TPSA) is 204 Å². The Bertz CT molecular complexity index is 446. The van der Waals surface area contributed by atoms with E-state index in [1.54, 1.807) is 0 Å². The first-order chi connectivity index (χ1) is 11.2. The average Bonchev–Trinajstić information content (AvgIpc) is 2.53. The van der Waals surface area contributed by atoms with Crippen molar-refractivity contribution in [1.82, 2.24) is 5.32 Å². The first-order valence-corrected chi connectivity index (χ1v) is 7.58. The van der Waals surface area contributed by atoms with Crippen LogP contribution >= 0.6 is 0 Å². The molecule has 11 heteroatoms. The molecule has 1 saturated heterocycles. The summed E-state index contributed by atoms with van der Waals surface area (Å²) in [5.74, 6) is -1.26. The van der Waals surface area contributed by atoms with Crippen LogP contribution in [0.4, 0.5) is 0 Å². The monoisotopic (exact) mass is 350 g/mol. The number of aliphatic imine (C=N–C) groups is 1. The zero-order valence-corrected chi connectivity index (χ0v) is 13.2. The van der Waals surface area contributed by atoms with Crippen LogP contribution in [0.3, 0.4) is 0 Å². The van der Waals surface area contributed by atoms with E-state index in [1.807, 2.05) is 0 Å². The van der Waals surface area contributed by atoms with Gasteiger partial charge in [0.15, 0.2) is 11.7 Å². The lowest BCUT2D eigenvalue weighted by atomic mass is 9.93. The molecular formula is C13H26N4O7. The quantitative estimate of drug-likeness (QED) is 0.116. The second-order valence-corrected chi connectivity index (χ2v) is 5.70. The van der Waals surface area contributed by atoms with E-state index in [4.69, 9.17) is 16.2 Å². The minimum atomic E-state index is -1.87. The molecule has 1 aliphatic heterocycles. The standard InChI is InChI=1S/C13H26N4O7/c14-12(15)16-4-2-1-3-7(11(22)23)17-13(6-18)10(21)9(20)8(19)5-24-13/h7-10,17-21H,1-6H2,(H,22,23)(H4,14,15,16)/t7-,8+,9+,10-,13?/m0/s1. The zero-order valence-electron chi connectivity index (χ0n) is 13.2. The lowest BCUT2D eigenvalue weighted by Gasteiger charge is -2.45. The van der Waals surface area contributed by atoms with Crippen LogP contribution in [-0.2, 0) is 9.53 Å². The molecule has 0 aromatic carbocycles. The van der Waals surface area contributed by atoms with E-state index in [1.165, 1.54) is 0 Å². The molecule has 0 radical (unpaired) electrons. The van der Waals surface area contributed by atoms with Gasteiger partial charge >= 0.3 is 5.97 Å². The number of carboxylic acid groups (broad SMARTS) is 1. The van der Waals surface area contributed by atoms with Crippen molar-refractivity contribution in [1.29, 1.82) is 0 Å². The number of guanidine groups is 1. The van der Waals surface area contributed by atoms with Crippen molar-refractivity contribution in [3.05, 3.63) is 0 Å². The lowest BCUT2D eigenvalue weighted by Crippen LogP contribution is -2.71. The molecule has 140 valence electrons. The molecule has 0 saturated carbocycles. The van der Waals surface area contributed by atoms with E-state index in [-0.39, 0.29) is 19.0 Å². The molecule has 0 aromatic heterocycles. The van der Waals surface area contributed by atoms with Gasteiger partial charge < -0.3 is 41.7 Å². The molecule has 1 unspecified atom stereocenters. The minimum absolute atomic E-state index is 0.0478. The third kappa shape index (κ3) is 5.26. The Balaban J connectivity index is 2.68. The van der Waals surface area contributed by atoms with Gasteiger partial charge in [-0.25, -0.2) is 0 Å². The average molecular weight is 350 g/mol. The number of nitrogens with zero attached hydrogens (tertiary/aromatic N) is 1. The van der Waals surface area contributed by atoms with Crippen LogP contribution in [0, 0.1) is 0 Å². The number of nitrogens with one attached hydrogen (secondary N) is 1. The number of hydrogen-bond donors (Lipinski definition) is 8. The Morgan fingerprint density at radius 2 is 2.00 bits per heavy atom. The predicted octanol–water partition coefficient (Wildman–Crippen LogP) is -3.73. The smallest absolute Gasteiger partial charge is 0.320 e. The number of carbonyl (C=O) groups is 1. The van der Waals surface area contributed by atoms with Crippen LogP contribution in [0.15, 0.2) is 4.99 Å². The molecule has 0 amide bonds. The fraction of sp³-hybridized carbons (Fsp3) is 0.846. The second kappa shape index (κ2) is 9.11. The summed E-state index contributed by atoms with van der Waals surface area (Å²) in [6.07, 6.45) is -3.44. The molecule has 0 aromatic rings. The number of hydrogen-bond acceptors (Lipinski definition) is 8. The Labute approximate surface area is 138 Å². The largest absolute Gasteiger partial charge is 0.480 e. The summed E-state index contributed by atoms with van der Waals surface area (Å²) in [6.45, 7) is -0.789. The van der Waals surface area contributed by atoms with Gasteiger partial charge in [-0.15, -0.1) is 0 Å². The molecule has 11 nitrogen and oxygen atoms in total. The highest BCUT2D eigenvalue weighted by Gasteiger charge is 2.50. The summed E-state index contributed by atoms with van der Waals surface area (Å²) in [4.78, 5) is 15.2. The highest BCUT2D eigenvalue weighted by Crippen LogP contribution is 2.25. The maximum absolute atomic E-state index is 11.4. The third-order valence-corrected chi connectivity index (χ3v) is 3.85. The summed E-state index contributed by atoms with van der Waals surface area (Å²) in [6, 6.07) is -1.14. The summed E-state index contributed by atoms with van der Waals surface area (Å²) in [5.41, 5.74) is 8.50. The van der Waals surface area contributed by atoms with Crippen molar-refractivity contribution in [2.75, 3.05) is 19.8 Å². The van der Waals surface area contributed by atoms with Crippen LogP contribution < -0.4 is 16.8 Å². The van der Waals surface area contributed by atoms with Crippen LogP contribution in [0.1, 0.15) is 19.3 Å². The highest BCUT2D eigenvalue weighted by molar-refractivity contribution is 5.75. The number of ether oxygens (including phenoxy) is 1. The summed E-state index contributed by atoms with van der Waals surface area (Å²) >= 11 is 0. The van der Waals surface area contributed by atoms with Gasteiger partial charge in [-0.1, -0.05) is 0 Å². The second-order valence-electron chi connectivity index (χ2n) is 5.70. The number of nitrogens with two attached hydrogens (primary N) is 2. The van der Waals surface area contributed by atoms with Crippen molar-refractivity contribution in [3.8, 4) is 0 Å². The third-order valence-electron chi connectivity index (χ3n) is 3.85. The van der Waals surface area contributed by atoms with Crippen LogP contribution in [0.2, 0.25) is 0 Å². The van der Waals surface area contributed by atoms with E-state index in [0.29, 0.717) is 19.4 Å². The molecule has 0 bridgehead atoms. The van der Waals surface area contributed by atoms with Crippen LogP contribution in [0.25, 0.3) is 0 Å². The summed E-state index contributed by atoms with van der Waals surface area (Å²) in [5, 5.41) is 50.7. The van der Waals surface area contributed by atoms with Crippen molar-refractivity contribution in [2.45, 2.75) is 49.3 Å². The van der Waals surface area contributed by atoms with Crippen molar-refractivity contribution >= 4 is 11.9 Å². The van der Waals surface area contributed by atoms with Gasteiger partial charge in [0.25, 0.3) is 0 Å². The number of aliphatic hydroxyl groups is 4. The van der Waals surface area contributed by atoms with Crippen LogP contribution in [0.5, 0.6) is 0 Å². The van der Waals surface area contributed by atoms with Gasteiger partial charge in [0, 0.05) is 6.54 Å². The lowest BCUT2D eigenvalue weighted by molar-refractivity contribution is -0.261. The molecule has 24 heavy (non-hydrogen) atoms. The van der Waals surface area contributed by atoms with Gasteiger partial charge in [0.1, 0.15) is 24.4 Å². The zero-order chi connectivity index (χ0) is 18.3. The van der Waals surface area contributed by atoms with Crippen LogP contribution in [-0.4, -0.2) is 87.3 Å². The predicted molar refractivity (Wildman–Crippen MR) is 82.9 cm³/mol. The van der Waals surface area contributed by atoms with Gasteiger partial charge in [-0.3, -0.25) is 15.1 Å². The molecule has 1 fully saturated rings. The van der Waals surface area contributed by atoms with E-state index in [9.17, 15) is 30.3 Å². The number of aliphatic carboxylic acids is 1. The van der Waals surface area contributed by atoms with Gasteiger partial charge in [0.2, 0.25) is 0 Å². The Hall–Kier alpha value is -1.50. The fourth-order valence-electron chi connectivity index (χ4n) is 2.44. The Morgan fingerprint density at radius 3 is 2.54 bits per heavy atom. The molecule has 5 atom stereocenters. The van der Waals surface area contributed by atoms with Gasteiger partial charge in [-0.05, 0) is 19.3 Å². The highest BCUT2D eigenvalue weighted by atomic mass is 16.6. The van der Waals surface area contributed by atoms with E-state index >= 15 is 0 Å². The SMILES string of the molecule is NC(N)=NCCCC[C@H](NC1(CO)OC[C@@H](O)[C@@H](O)[C@@H]1O)C(=O)O. The molecule has 0 spiro atoms. The number of carboxylic acids is 1. The first kappa shape index (κ1) is 20.5. The molecular weight excluding hydrogens is 324 g/mol. The molecule has 1 aliphatic rings. The number of unbranched alkanes of at least 4 members (excludes halogenated alkanes) is 1. The minimum Gasteiger partial charge on any atom is -0.480 e. The van der Waals surface area contributed by atoms with E-state index in [2.05, 4.69) is 10.3 Å². The van der Waals surface area contributed by atoms with Crippen molar-refractivity contribution in [3.63, 3.8) is 0 Å². The molecule has 10 N–H and O–H groups in total. The maximum atomic E-state index is 11.4. The summed E-state index contributed by atoms with van der Waals surface area (Å²) < 4.78 is 5.21. The van der Waals surface area contributed by atoms with E-state index in [0.717, 1.165) is 0 Å². The van der Waals surface area contributed by atoms with Gasteiger partial charge in [0.05, 0.1) is 13.2 Å². The number of aliphatic hydroxyl groups excluding tert-OH is 4. The van der Waals surface area contributed by atoms with Crippen molar-refractivity contribution < 1.29 is 35.1 Å².